The highest BCUT2D eigenvalue weighted by atomic mass is 16.5. The predicted molar refractivity (Wildman–Crippen MR) is 68.6 cm³/mol. The van der Waals surface area contributed by atoms with Gasteiger partial charge in [-0.2, -0.15) is 0 Å². The Morgan fingerprint density at radius 2 is 1.88 bits per heavy atom. The van der Waals surface area contributed by atoms with Crippen LogP contribution in [-0.2, 0) is 11.3 Å². The van der Waals surface area contributed by atoms with Crippen LogP contribution in [0.4, 0.5) is 0 Å². The summed E-state index contributed by atoms with van der Waals surface area (Å²) in [6.45, 7) is 8.88. The fraction of sp³-hybridized carbons (Fsp3) is 0.692. The third kappa shape index (κ3) is 3.75. The number of nitrogens with two attached hydrogens (primary N) is 1. The van der Waals surface area contributed by atoms with Gasteiger partial charge >= 0.3 is 0 Å². The van der Waals surface area contributed by atoms with Crippen molar-refractivity contribution in [1.29, 1.82) is 0 Å². The minimum atomic E-state index is -0.121. The number of methoxy groups -OCH3 is 1. The smallest absolute Gasteiger partial charge is 0.145 e. The molecule has 0 aliphatic heterocycles. The van der Waals surface area contributed by atoms with Crippen LogP contribution in [0.25, 0.3) is 0 Å². The molecule has 17 heavy (non-hydrogen) atoms. The topological polar surface area (TPSA) is 61.0 Å². The largest absolute Gasteiger partial charge is 0.378 e. The average molecular weight is 237 g/mol. The summed E-state index contributed by atoms with van der Waals surface area (Å²) in [4.78, 5) is 9.01. The van der Waals surface area contributed by atoms with Crippen molar-refractivity contribution in [3.63, 3.8) is 0 Å². The summed E-state index contributed by atoms with van der Waals surface area (Å²) < 4.78 is 5.13. The molecule has 96 valence electrons. The molecule has 0 spiro atoms. The van der Waals surface area contributed by atoms with Gasteiger partial charge in [0.1, 0.15) is 5.82 Å². The van der Waals surface area contributed by atoms with Crippen molar-refractivity contribution in [2.45, 2.75) is 46.3 Å². The maximum absolute atomic E-state index is 6.11. The summed E-state index contributed by atoms with van der Waals surface area (Å²) in [6.07, 6.45) is 0. The van der Waals surface area contributed by atoms with Crippen molar-refractivity contribution >= 4 is 0 Å². The Balaban J connectivity index is 3.11. The van der Waals surface area contributed by atoms with Crippen LogP contribution < -0.4 is 5.73 Å². The van der Waals surface area contributed by atoms with E-state index in [-0.39, 0.29) is 6.04 Å². The number of aromatic nitrogens is 2. The van der Waals surface area contributed by atoms with E-state index in [2.05, 4.69) is 37.7 Å². The molecule has 1 atom stereocenters. The molecule has 0 aliphatic rings. The van der Waals surface area contributed by atoms with E-state index in [1.165, 1.54) is 0 Å². The van der Waals surface area contributed by atoms with E-state index in [1.807, 2.05) is 6.07 Å². The minimum Gasteiger partial charge on any atom is -0.378 e. The fourth-order valence-corrected chi connectivity index (χ4v) is 1.50. The van der Waals surface area contributed by atoms with E-state index in [9.17, 15) is 0 Å². The summed E-state index contributed by atoms with van der Waals surface area (Å²) >= 11 is 0. The lowest BCUT2D eigenvalue weighted by molar-refractivity contribution is 0.180. The molecule has 0 amide bonds. The molecule has 0 saturated heterocycles. The van der Waals surface area contributed by atoms with E-state index in [0.717, 1.165) is 17.2 Å². The van der Waals surface area contributed by atoms with Gasteiger partial charge in [-0.05, 0) is 17.9 Å². The van der Waals surface area contributed by atoms with Crippen molar-refractivity contribution in [3.05, 3.63) is 23.3 Å². The monoisotopic (exact) mass is 237 g/mol. The third-order valence-corrected chi connectivity index (χ3v) is 2.72. The molecular weight excluding hydrogens is 214 g/mol. The molecule has 1 rings (SSSR count). The Kier molecular flexibility index (Phi) is 5.02. The highest BCUT2D eigenvalue weighted by molar-refractivity contribution is 5.15. The lowest BCUT2D eigenvalue weighted by atomic mass is 10.0. The standard InChI is InChI=1S/C13H23N3O/c1-8(2)11-6-10(7-17-5)15-13(16-11)12(14)9(3)4/h6,8-9,12H,7,14H2,1-5H3. The first-order valence-electron chi connectivity index (χ1n) is 6.08. The Labute approximate surface area is 104 Å². The van der Waals surface area contributed by atoms with Crippen LogP contribution in [0, 0.1) is 5.92 Å². The van der Waals surface area contributed by atoms with Crippen LogP contribution in [-0.4, -0.2) is 17.1 Å². The first-order chi connectivity index (χ1) is 7.95. The van der Waals surface area contributed by atoms with Gasteiger partial charge in [-0.25, -0.2) is 9.97 Å². The first-order valence-corrected chi connectivity index (χ1v) is 6.08. The summed E-state index contributed by atoms with van der Waals surface area (Å²) in [5.74, 6) is 1.41. The number of hydrogen-bond acceptors (Lipinski definition) is 4. The Morgan fingerprint density at radius 3 is 2.35 bits per heavy atom. The van der Waals surface area contributed by atoms with Gasteiger partial charge in [-0.15, -0.1) is 0 Å². The van der Waals surface area contributed by atoms with E-state index >= 15 is 0 Å². The van der Waals surface area contributed by atoms with Crippen LogP contribution in [0.3, 0.4) is 0 Å². The highest BCUT2D eigenvalue weighted by Gasteiger charge is 2.16. The zero-order valence-corrected chi connectivity index (χ0v) is 11.4. The van der Waals surface area contributed by atoms with Gasteiger partial charge in [0.15, 0.2) is 0 Å². The van der Waals surface area contributed by atoms with Gasteiger partial charge < -0.3 is 10.5 Å². The summed E-state index contributed by atoms with van der Waals surface area (Å²) in [5, 5.41) is 0. The number of hydrogen-bond donors (Lipinski definition) is 1. The van der Waals surface area contributed by atoms with Crippen LogP contribution >= 0.6 is 0 Å². The molecule has 1 unspecified atom stereocenters. The molecule has 4 nitrogen and oxygen atoms in total. The zero-order chi connectivity index (χ0) is 13.0. The zero-order valence-electron chi connectivity index (χ0n) is 11.4. The van der Waals surface area contributed by atoms with Crippen molar-refractivity contribution < 1.29 is 4.74 Å². The lowest BCUT2D eigenvalue weighted by Crippen LogP contribution is -2.21. The molecule has 1 heterocycles. The molecule has 0 fully saturated rings. The molecule has 0 aromatic carbocycles. The SMILES string of the molecule is COCc1cc(C(C)C)nc(C(N)C(C)C)n1. The van der Waals surface area contributed by atoms with Gasteiger partial charge in [0.05, 0.1) is 18.3 Å². The van der Waals surface area contributed by atoms with E-state index < -0.39 is 0 Å². The normalized spacial score (nSPS) is 13.4. The molecule has 0 aliphatic carbocycles. The number of rotatable bonds is 5. The van der Waals surface area contributed by atoms with E-state index in [1.54, 1.807) is 7.11 Å². The maximum Gasteiger partial charge on any atom is 0.145 e. The van der Waals surface area contributed by atoms with Crippen LogP contribution in [0.5, 0.6) is 0 Å². The summed E-state index contributed by atoms with van der Waals surface area (Å²) in [5.41, 5.74) is 8.03. The van der Waals surface area contributed by atoms with Crippen LogP contribution in [0.2, 0.25) is 0 Å². The Morgan fingerprint density at radius 1 is 1.24 bits per heavy atom. The molecule has 0 saturated carbocycles. The van der Waals surface area contributed by atoms with Crippen LogP contribution in [0.1, 0.15) is 56.9 Å². The van der Waals surface area contributed by atoms with Gasteiger partial charge in [0.2, 0.25) is 0 Å². The summed E-state index contributed by atoms with van der Waals surface area (Å²) in [6, 6.07) is 1.87. The second-order valence-electron chi connectivity index (χ2n) is 5.00. The number of nitrogens with zero attached hydrogens (tertiary/aromatic N) is 2. The second-order valence-corrected chi connectivity index (χ2v) is 5.00. The van der Waals surface area contributed by atoms with E-state index in [0.29, 0.717) is 18.4 Å². The molecule has 2 N–H and O–H groups in total. The van der Waals surface area contributed by atoms with Gasteiger partial charge in [0.25, 0.3) is 0 Å². The van der Waals surface area contributed by atoms with Gasteiger partial charge in [0, 0.05) is 12.8 Å². The minimum absolute atomic E-state index is 0.121. The first kappa shape index (κ1) is 14.1. The molecule has 1 aromatic heterocycles. The van der Waals surface area contributed by atoms with Gasteiger partial charge in [-0.3, -0.25) is 0 Å². The van der Waals surface area contributed by atoms with E-state index in [4.69, 9.17) is 10.5 Å². The molecule has 4 heteroatoms. The number of ether oxygens (including phenoxy) is 1. The predicted octanol–water partition coefficient (Wildman–Crippen LogP) is 2.40. The molecule has 0 bridgehead atoms. The van der Waals surface area contributed by atoms with Crippen molar-refractivity contribution in [1.82, 2.24) is 9.97 Å². The quantitative estimate of drug-likeness (QED) is 0.854. The third-order valence-electron chi connectivity index (χ3n) is 2.72. The Hall–Kier alpha value is -1.00. The van der Waals surface area contributed by atoms with Crippen LogP contribution in [0.15, 0.2) is 6.07 Å². The summed E-state index contributed by atoms with van der Waals surface area (Å²) in [7, 11) is 1.67. The molecule has 0 radical (unpaired) electrons. The lowest BCUT2D eigenvalue weighted by Gasteiger charge is -2.17. The highest BCUT2D eigenvalue weighted by Crippen LogP contribution is 2.19. The van der Waals surface area contributed by atoms with Crippen molar-refractivity contribution in [2.75, 3.05) is 7.11 Å². The van der Waals surface area contributed by atoms with Crippen molar-refractivity contribution in [2.24, 2.45) is 11.7 Å². The van der Waals surface area contributed by atoms with Gasteiger partial charge in [-0.1, -0.05) is 27.7 Å². The van der Waals surface area contributed by atoms with Crippen molar-refractivity contribution in [3.8, 4) is 0 Å². The maximum atomic E-state index is 6.11. The Bertz CT molecular complexity index is 364. The fourth-order valence-electron chi connectivity index (χ4n) is 1.50. The second kappa shape index (κ2) is 6.07. The average Bonchev–Trinajstić information content (AvgIpc) is 2.27. The molecular formula is C13H23N3O. The molecule has 1 aromatic rings.